The van der Waals surface area contributed by atoms with E-state index in [2.05, 4.69) is 14.9 Å². The Kier molecular flexibility index (Phi) is 2.10. The lowest BCUT2D eigenvalue weighted by molar-refractivity contribution is -0.305. The first-order valence-corrected chi connectivity index (χ1v) is 3.16. The Labute approximate surface area is 59.6 Å². The number of ether oxygens (including phenoxy) is 1. The quantitative estimate of drug-likeness (QED) is 0.601. The maximum Gasteiger partial charge on any atom is 0.572 e. The number of nitrogens with one attached hydrogen (secondary N) is 1. The molecule has 1 N–H and O–H groups in total. The summed E-state index contributed by atoms with van der Waals surface area (Å²) in [6, 6.07) is 0. The highest BCUT2D eigenvalue weighted by Crippen LogP contribution is 2.23. The van der Waals surface area contributed by atoms with Crippen molar-refractivity contribution >= 4 is 11.9 Å². The first-order valence-electron chi connectivity index (χ1n) is 2.34. The number of hydrogen-bond donors (Lipinski definition) is 1. The SMILES string of the molecule is FC(F)(F)OC1=[C]SNC1. The minimum absolute atomic E-state index is 0.0736. The van der Waals surface area contributed by atoms with Gasteiger partial charge in [0.2, 0.25) is 0 Å². The first-order chi connectivity index (χ1) is 4.58. The van der Waals surface area contributed by atoms with Crippen molar-refractivity contribution in [1.29, 1.82) is 0 Å². The van der Waals surface area contributed by atoms with E-state index in [0.717, 1.165) is 11.9 Å². The van der Waals surface area contributed by atoms with Crippen LogP contribution < -0.4 is 4.72 Å². The summed E-state index contributed by atoms with van der Waals surface area (Å²) in [7, 11) is 0. The van der Waals surface area contributed by atoms with E-state index in [4.69, 9.17) is 0 Å². The molecule has 2 nitrogen and oxygen atoms in total. The second-order valence-electron chi connectivity index (χ2n) is 1.50. The fourth-order valence-corrected chi connectivity index (χ4v) is 0.930. The third kappa shape index (κ3) is 2.49. The third-order valence-corrected chi connectivity index (χ3v) is 1.33. The molecule has 0 fully saturated rings. The summed E-state index contributed by atoms with van der Waals surface area (Å²) in [6.07, 6.45) is -4.59. The van der Waals surface area contributed by atoms with Crippen LogP contribution in [0.2, 0.25) is 0 Å². The molecule has 1 rings (SSSR count). The molecule has 0 aromatic heterocycles. The molecule has 0 bridgehead atoms. The summed E-state index contributed by atoms with van der Waals surface area (Å²) < 4.78 is 40.2. The van der Waals surface area contributed by atoms with E-state index in [1.54, 1.807) is 0 Å². The molecule has 0 amide bonds. The largest absolute Gasteiger partial charge is 0.572 e. The Hall–Kier alpha value is -0.360. The lowest BCUT2D eigenvalue weighted by Crippen LogP contribution is -2.15. The van der Waals surface area contributed by atoms with Gasteiger partial charge in [-0.15, -0.1) is 13.2 Å². The van der Waals surface area contributed by atoms with Crippen molar-refractivity contribution in [2.45, 2.75) is 6.36 Å². The van der Waals surface area contributed by atoms with Crippen LogP contribution >= 0.6 is 11.9 Å². The van der Waals surface area contributed by atoms with Crippen molar-refractivity contribution in [3.8, 4) is 0 Å². The summed E-state index contributed by atoms with van der Waals surface area (Å²) in [5.41, 5.74) is 0. The molecule has 1 radical (unpaired) electrons. The van der Waals surface area contributed by atoms with Gasteiger partial charge in [0, 0.05) is 0 Å². The van der Waals surface area contributed by atoms with E-state index in [9.17, 15) is 13.2 Å². The Morgan fingerprint density at radius 1 is 1.60 bits per heavy atom. The highest BCUT2D eigenvalue weighted by atomic mass is 32.2. The molecule has 0 unspecified atom stereocenters. The van der Waals surface area contributed by atoms with Gasteiger partial charge in [-0.25, -0.2) is 0 Å². The molecule has 1 aliphatic rings. The second-order valence-corrected chi connectivity index (χ2v) is 2.19. The van der Waals surface area contributed by atoms with Crippen LogP contribution in [0.15, 0.2) is 5.76 Å². The van der Waals surface area contributed by atoms with Crippen LogP contribution in [0.4, 0.5) is 13.2 Å². The summed E-state index contributed by atoms with van der Waals surface area (Å²) in [4.78, 5) is 0. The van der Waals surface area contributed by atoms with Crippen molar-refractivity contribution in [1.82, 2.24) is 4.72 Å². The van der Waals surface area contributed by atoms with Crippen LogP contribution in [-0.4, -0.2) is 12.9 Å². The van der Waals surface area contributed by atoms with Crippen molar-refractivity contribution in [3.63, 3.8) is 0 Å². The van der Waals surface area contributed by atoms with Crippen LogP contribution in [0, 0.1) is 5.41 Å². The first kappa shape index (κ1) is 7.74. The van der Waals surface area contributed by atoms with Gasteiger partial charge >= 0.3 is 6.36 Å². The van der Waals surface area contributed by atoms with Crippen LogP contribution in [0.3, 0.4) is 0 Å². The van der Waals surface area contributed by atoms with Gasteiger partial charge in [0.1, 0.15) is 5.76 Å². The fourth-order valence-electron chi connectivity index (χ4n) is 0.427. The summed E-state index contributed by atoms with van der Waals surface area (Å²) >= 11 is 0.961. The van der Waals surface area contributed by atoms with E-state index < -0.39 is 6.36 Å². The van der Waals surface area contributed by atoms with Gasteiger partial charge < -0.3 is 4.74 Å². The molecule has 1 aliphatic heterocycles. The average Bonchev–Trinajstić information content (AvgIpc) is 2.12. The van der Waals surface area contributed by atoms with E-state index in [1.807, 2.05) is 0 Å². The predicted octanol–water partition coefficient (Wildman–Crippen LogP) is 1.42. The van der Waals surface area contributed by atoms with Crippen molar-refractivity contribution < 1.29 is 17.9 Å². The van der Waals surface area contributed by atoms with Gasteiger partial charge in [0.05, 0.1) is 12.0 Å². The van der Waals surface area contributed by atoms with Crippen molar-refractivity contribution in [2.24, 2.45) is 0 Å². The van der Waals surface area contributed by atoms with Gasteiger partial charge in [0.15, 0.2) is 0 Å². The van der Waals surface area contributed by atoms with Crippen molar-refractivity contribution in [3.05, 3.63) is 11.2 Å². The highest BCUT2D eigenvalue weighted by molar-refractivity contribution is 7.99. The molecule has 0 aromatic rings. The third-order valence-electron chi connectivity index (χ3n) is 0.709. The van der Waals surface area contributed by atoms with Gasteiger partial charge in [0.25, 0.3) is 0 Å². The molecule has 6 heteroatoms. The molecule has 0 aromatic carbocycles. The average molecular weight is 170 g/mol. The van der Waals surface area contributed by atoms with E-state index in [0.29, 0.717) is 0 Å². The molecular weight excluding hydrogens is 167 g/mol. The molecule has 0 saturated carbocycles. The second kappa shape index (κ2) is 2.71. The smallest absolute Gasteiger partial charge is 0.408 e. The fraction of sp³-hybridized carbons (Fsp3) is 0.500. The van der Waals surface area contributed by atoms with E-state index in [-0.39, 0.29) is 12.3 Å². The molecular formula is C4H3F3NOS. The minimum atomic E-state index is -4.59. The monoisotopic (exact) mass is 170 g/mol. The molecule has 0 saturated heterocycles. The summed E-state index contributed by atoms with van der Waals surface area (Å²) in [5.74, 6) is -0.211. The molecule has 1 heterocycles. The van der Waals surface area contributed by atoms with E-state index in [1.165, 1.54) is 0 Å². The highest BCUT2D eigenvalue weighted by Gasteiger charge is 2.32. The topological polar surface area (TPSA) is 21.3 Å². The molecule has 57 valence electrons. The maximum absolute atomic E-state index is 11.4. The zero-order valence-electron chi connectivity index (χ0n) is 4.66. The molecule has 0 aliphatic carbocycles. The number of halogens is 3. The van der Waals surface area contributed by atoms with Gasteiger partial charge in [-0.2, -0.15) is 0 Å². The van der Waals surface area contributed by atoms with Crippen molar-refractivity contribution in [2.75, 3.05) is 6.54 Å². The Bertz CT molecular complexity index is 155. The van der Waals surface area contributed by atoms with Gasteiger partial charge in [-0.3, -0.25) is 4.72 Å². The zero-order valence-corrected chi connectivity index (χ0v) is 5.47. The Balaban J connectivity index is 2.38. The predicted molar refractivity (Wildman–Crippen MR) is 29.5 cm³/mol. The number of rotatable bonds is 1. The van der Waals surface area contributed by atoms with Gasteiger partial charge in [-0.05, 0) is 11.9 Å². The van der Waals surface area contributed by atoms with E-state index >= 15 is 0 Å². The normalized spacial score (nSPS) is 18.9. The van der Waals surface area contributed by atoms with Crippen LogP contribution in [0.25, 0.3) is 0 Å². The standard InChI is InChI=1S/C4H3F3NOS/c5-4(6,7)9-3-1-8-10-2-3/h8H,1H2. The molecule has 10 heavy (non-hydrogen) atoms. The molecule has 0 spiro atoms. The number of hydrogen-bond acceptors (Lipinski definition) is 3. The Morgan fingerprint density at radius 2 is 2.30 bits per heavy atom. The minimum Gasteiger partial charge on any atom is -0.408 e. The zero-order chi connectivity index (χ0) is 7.61. The number of alkyl halides is 3. The van der Waals surface area contributed by atoms with Crippen LogP contribution in [-0.2, 0) is 4.74 Å². The lowest BCUT2D eigenvalue weighted by Gasteiger charge is -2.07. The Morgan fingerprint density at radius 3 is 2.70 bits per heavy atom. The van der Waals surface area contributed by atoms with Crippen LogP contribution in [0.5, 0.6) is 0 Å². The molecule has 0 atom stereocenters. The maximum atomic E-state index is 11.4. The summed E-state index contributed by atoms with van der Waals surface area (Å²) in [6.45, 7) is 0.0736. The van der Waals surface area contributed by atoms with Gasteiger partial charge in [-0.1, -0.05) is 0 Å². The summed E-state index contributed by atoms with van der Waals surface area (Å²) in [5, 5.41) is 2.29. The van der Waals surface area contributed by atoms with Crippen LogP contribution in [0.1, 0.15) is 0 Å². The lowest BCUT2D eigenvalue weighted by atomic mass is 10.6.